The predicted molar refractivity (Wildman–Crippen MR) is 80.7 cm³/mol. The van der Waals surface area contributed by atoms with Crippen LogP contribution < -0.4 is 5.32 Å². The van der Waals surface area contributed by atoms with E-state index in [9.17, 15) is 20.6 Å². The Balaban J connectivity index is 2.47. The topological polar surface area (TPSA) is 112 Å². The molecule has 1 aliphatic heterocycles. The van der Waals surface area contributed by atoms with Gasteiger partial charge in [0.1, 0.15) is 6.61 Å². The summed E-state index contributed by atoms with van der Waals surface area (Å²) in [5.74, 6) is -0.484. The second-order valence-electron chi connectivity index (χ2n) is 5.10. The summed E-state index contributed by atoms with van der Waals surface area (Å²) in [5.41, 5.74) is 3.63. The van der Waals surface area contributed by atoms with Crippen LogP contribution in [0.5, 0.6) is 0 Å². The van der Waals surface area contributed by atoms with E-state index in [0.29, 0.717) is 28.1 Å². The number of hydrogen-bond acceptors (Lipinski definition) is 6. The van der Waals surface area contributed by atoms with Crippen molar-refractivity contribution < 1.29 is 9.92 Å². The molecule has 1 aromatic rings. The summed E-state index contributed by atoms with van der Waals surface area (Å²) in [4.78, 5) is 14.7. The SMILES string of the molecule is CC1=C(C#N)C(c2cccc(CO[N+](=O)[O-])c2)C(C#N)=C(C)N1. The largest absolute Gasteiger partial charge is 0.361 e. The van der Waals surface area contributed by atoms with Gasteiger partial charge in [-0.3, -0.25) is 0 Å². The molecule has 0 unspecified atom stereocenters. The van der Waals surface area contributed by atoms with Gasteiger partial charge in [-0.2, -0.15) is 10.5 Å². The molecule has 0 bridgehead atoms. The summed E-state index contributed by atoms with van der Waals surface area (Å²) in [6.45, 7) is 3.38. The Bertz CT molecular complexity index is 760. The second-order valence-corrected chi connectivity index (χ2v) is 5.10. The molecule has 116 valence electrons. The molecule has 0 saturated heterocycles. The van der Waals surface area contributed by atoms with Gasteiger partial charge in [0.05, 0.1) is 29.2 Å². The number of rotatable bonds is 4. The Kier molecular flexibility index (Phi) is 4.63. The van der Waals surface area contributed by atoms with Crippen LogP contribution in [0.4, 0.5) is 0 Å². The number of nitriles is 2. The molecule has 0 spiro atoms. The van der Waals surface area contributed by atoms with E-state index < -0.39 is 11.0 Å². The van der Waals surface area contributed by atoms with E-state index in [4.69, 9.17) is 0 Å². The normalized spacial score (nSPS) is 14.8. The van der Waals surface area contributed by atoms with E-state index in [1.54, 1.807) is 38.1 Å². The summed E-state index contributed by atoms with van der Waals surface area (Å²) >= 11 is 0. The molecule has 1 aliphatic rings. The molecular weight excluding hydrogens is 296 g/mol. The third kappa shape index (κ3) is 3.30. The Morgan fingerprint density at radius 2 is 1.87 bits per heavy atom. The summed E-state index contributed by atoms with van der Waals surface area (Å²) in [7, 11) is 0. The minimum absolute atomic E-state index is 0.180. The van der Waals surface area contributed by atoms with Crippen molar-refractivity contribution in [3.05, 3.63) is 68.0 Å². The van der Waals surface area contributed by atoms with Crippen LogP contribution >= 0.6 is 0 Å². The highest BCUT2D eigenvalue weighted by atomic mass is 16.9. The zero-order valence-electron chi connectivity index (χ0n) is 12.7. The Labute approximate surface area is 133 Å². The average molecular weight is 310 g/mol. The molecule has 1 heterocycles. The second kappa shape index (κ2) is 6.63. The Morgan fingerprint density at radius 1 is 1.26 bits per heavy atom. The van der Waals surface area contributed by atoms with Crippen molar-refractivity contribution in [1.82, 2.24) is 5.32 Å². The zero-order valence-corrected chi connectivity index (χ0v) is 12.7. The van der Waals surface area contributed by atoms with E-state index in [1.807, 2.05) is 0 Å². The fourth-order valence-corrected chi connectivity index (χ4v) is 2.61. The van der Waals surface area contributed by atoms with Gasteiger partial charge >= 0.3 is 0 Å². The van der Waals surface area contributed by atoms with Crippen molar-refractivity contribution >= 4 is 0 Å². The minimum atomic E-state index is -0.854. The number of nitrogens with zero attached hydrogens (tertiary/aromatic N) is 3. The van der Waals surface area contributed by atoms with E-state index >= 15 is 0 Å². The number of nitrogens with one attached hydrogen (secondary N) is 1. The molecule has 1 aromatic carbocycles. The van der Waals surface area contributed by atoms with Crippen molar-refractivity contribution in [2.75, 3.05) is 0 Å². The van der Waals surface area contributed by atoms with Gasteiger partial charge in [-0.05, 0) is 25.0 Å². The molecule has 2 rings (SSSR count). The van der Waals surface area contributed by atoms with Gasteiger partial charge in [-0.25, -0.2) is 0 Å². The maximum atomic E-state index is 10.3. The minimum Gasteiger partial charge on any atom is -0.361 e. The predicted octanol–water partition coefficient (Wildman–Crippen LogP) is 2.68. The zero-order chi connectivity index (χ0) is 17.0. The highest BCUT2D eigenvalue weighted by Crippen LogP contribution is 2.37. The molecular formula is C16H14N4O3. The molecule has 7 nitrogen and oxygen atoms in total. The van der Waals surface area contributed by atoms with Crippen molar-refractivity contribution in [2.24, 2.45) is 0 Å². The fourth-order valence-electron chi connectivity index (χ4n) is 2.61. The molecule has 7 heteroatoms. The first-order valence-electron chi connectivity index (χ1n) is 6.82. The van der Waals surface area contributed by atoms with Gasteiger partial charge in [0.2, 0.25) is 0 Å². The van der Waals surface area contributed by atoms with Crippen molar-refractivity contribution in [1.29, 1.82) is 10.5 Å². The monoisotopic (exact) mass is 310 g/mol. The number of benzene rings is 1. The van der Waals surface area contributed by atoms with Crippen LogP contribution in [-0.2, 0) is 11.4 Å². The summed E-state index contributed by atoms with van der Waals surface area (Å²) in [5, 5.41) is 31.4. The highest BCUT2D eigenvalue weighted by molar-refractivity contribution is 5.55. The van der Waals surface area contributed by atoms with Crippen molar-refractivity contribution in [2.45, 2.75) is 26.4 Å². The average Bonchev–Trinajstić information content (AvgIpc) is 2.52. The lowest BCUT2D eigenvalue weighted by molar-refractivity contribution is -0.763. The van der Waals surface area contributed by atoms with Gasteiger partial charge in [0.15, 0.2) is 0 Å². The molecule has 0 atom stereocenters. The first kappa shape index (κ1) is 16.1. The van der Waals surface area contributed by atoms with Gasteiger partial charge < -0.3 is 10.2 Å². The molecule has 0 aliphatic carbocycles. The van der Waals surface area contributed by atoms with E-state index in [2.05, 4.69) is 22.3 Å². The third-order valence-electron chi connectivity index (χ3n) is 3.62. The number of hydrogen-bond donors (Lipinski definition) is 1. The summed E-state index contributed by atoms with van der Waals surface area (Å²) < 4.78 is 0. The van der Waals surface area contributed by atoms with Gasteiger partial charge in [-0.1, -0.05) is 24.3 Å². The lowest BCUT2D eigenvalue weighted by Crippen LogP contribution is -2.23. The van der Waals surface area contributed by atoms with Crippen LogP contribution in [0.1, 0.15) is 30.9 Å². The van der Waals surface area contributed by atoms with Crippen LogP contribution in [0.2, 0.25) is 0 Å². The maximum Gasteiger partial charge on any atom is 0.294 e. The molecule has 0 aromatic heterocycles. The van der Waals surface area contributed by atoms with Crippen LogP contribution in [0.15, 0.2) is 46.8 Å². The van der Waals surface area contributed by atoms with Crippen LogP contribution in [0.3, 0.4) is 0 Å². The number of allylic oxidation sites excluding steroid dienone is 4. The van der Waals surface area contributed by atoms with E-state index in [0.717, 1.165) is 5.56 Å². The molecule has 0 saturated carbocycles. The standard InChI is InChI=1S/C16H14N4O3/c1-10-14(7-17)16(15(8-18)11(2)19-10)13-5-3-4-12(6-13)9-23-20(21)22/h3-6,16,19H,9H2,1-2H3. The Hall–Kier alpha value is -3.32. The van der Waals surface area contributed by atoms with Gasteiger partial charge in [-0.15, -0.1) is 10.1 Å². The molecule has 23 heavy (non-hydrogen) atoms. The molecule has 0 radical (unpaired) electrons. The van der Waals surface area contributed by atoms with Gasteiger partial charge in [0, 0.05) is 11.4 Å². The molecule has 1 N–H and O–H groups in total. The lowest BCUT2D eigenvalue weighted by Gasteiger charge is -2.26. The van der Waals surface area contributed by atoms with Crippen molar-refractivity contribution in [3.63, 3.8) is 0 Å². The highest BCUT2D eigenvalue weighted by Gasteiger charge is 2.29. The maximum absolute atomic E-state index is 10.3. The third-order valence-corrected chi connectivity index (χ3v) is 3.62. The van der Waals surface area contributed by atoms with Crippen LogP contribution in [0.25, 0.3) is 0 Å². The first-order valence-corrected chi connectivity index (χ1v) is 6.82. The Morgan fingerprint density at radius 3 is 2.39 bits per heavy atom. The van der Waals surface area contributed by atoms with Crippen LogP contribution in [-0.4, -0.2) is 5.09 Å². The number of dihydropyridines is 1. The van der Waals surface area contributed by atoms with E-state index in [-0.39, 0.29) is 6.61 Å². The summed E-state index contributed by atoms with van der Waals surface area (Å²) in [6, 6.07) is 11.2. The molecule has 0 fully saturated rings. The lowest BCUT2D eigenvalue weighted by atomic mass is 9.81. The fraction of sp³-hybridized carbons (Fsp3) is 0.250. The smallest absolute Gasteiger partial charge is 0.294 e. The van der Waals surface area contributed by atoms with Gasteiger partial charge in [0.25, 0.3) is 5.09 Å². The van der Waals surface area contributed by atoms with E-state index in [1.165, 1.54) is 0 Å². The summed E-state index contributed by atoms with van der Waals surface area (Å²) in [6.07, 6.45) is 0. The quantitative estimate of drug-likeness (QED) is 0.676. The molecule has 0 amide bonds. The first-order chi connectivity index (χ1) is 11.0. The van der Waals surface area contributed by atoms with Crippen LogP contribution in [0, 0.1) is 32.8 Å². The van der Waals surface area contributed by atoms with Crippen molar-refractivity contribution in [3.8, 4) is 12.1 Å².